The molecule has 2 nitrogen and oxygen atoms in total. The quantitative estimate of drug-likeness (QED) is 0.735. The Morgan fingerprint density at radius 1 is 1.04 bits per heavy atom. The lowest BCUT2D eigenvalue weighted by molar-refractivity contribution is 0.0989. The van der Waals surface area contributed by atoms with Crippen LogP contribution in [0, 0.1) is 23.4 Å². The van der Waals surface area contributed by atoms with Crippen LogP contribution in [0.1, 0.15) is 34.3 Å². The topological polar surface area (TPSA) is 20.3 Å². The van der Waals surface area contributed by atoms with Crippen molar-refractivity contribution in [2.45, 2.75) is 25.7 Å². The summed E-state index contributed by atoms with van der Waals surface area (Å²) in [5.41, 5.74) is 1.10. The number of halogens is 3. The molecular weight excluding hydrogens is 339 g/mol. The molecule has 3 rings (SSSR count). The standard InChI is InChI=1S/C21H22F3NO/c1-25-8-6-14(7-9-25)10-16-11-15(2-5-19(16)23)12-21(26)18-4-3-17(22)13-20(18)24/h2-5,11,13-14H,6-10,12H2,1H3. The average molecular weight is 361 g/mol. The molecule has 1 fully saturated rings. The first-order valence-electron chi connectivity index (χ1n) is 8.86. The molecule has 0 radical (unpaired) electrons. The van der Waals surface area contributed by atoms with Gasteiger partial charge in [-0.1, -0.05) is 12.1 Å². The molecule has 1 saturated heterocycles. The van der Waals surface area contributed by atoms with E-state index in [4.69, 9.17) is 0 Å². The highest BCUT2D eigenvalue weighted by Crippen LogP contribution is 2.24. The average Bonchev–Trinajstić information content (AvgIpc) is 2.59. The summed E-state index contributed by atoms with van der Waals surface area (Å²) in [4.78, 5) is 14.6. The number of likely N-dealkylation sites (tertiary alicyclic amines) is 1. The van der Waals surface area contributed by atoms with Gasteiger partial charge in [0.15, 0.2) is 5.78 Å². The molecule has 0 aliphatic carbocycles. The number of Topliss-reactive ketones (excluding diaryl/α,β-unsaturated/α-hetero) is 1. The van der Waals surface area contributed by atoms with E-state index in [2.05, 4.69) is 11.9 Å². The lowest BCUT2D eigenvalue weighted by Gasteiger charge is -2.29. The highest BCUT2D eigenvalue weighted by Gasteiger charge is 2.19. The van der Waals surface area contributed by atoms with Crippen LogP contribution in [0.5, 0.6) is 0 Å². The Hall–Kier alpha value is -2.14. The van der Waals surface area contributed by atoms with E-state index < -0.39 is 17.4 Å². The molecular formula is C21H22F3NO. The van der Waals surface area contributed by atoms with Gasteiger partial charge in [-0.2, -0.15) is 0 Å². The van der Waals surface area contributed by atoms with Crippen molar-refractivity contribution in [1.82, 2.24) is 4.90 Å². The molecule has 138 valence electrons. The minimum Gasteiger partial charge on any atom is -0.306 e. The summed E-state index contributed by atoms with van der Waals surface area (Å²) in [6, 6.07) is 7.53. The largest absolute Gasteiger partial charge is 0.306 e. The second kappa shape index (κ2) is 8.04. The second-order valence-corrected chi connectivity index (χ2v) is 7.10. The van der Waals surface area contributed by atoms with Crippen molar-refractivity contribution < 1.29 is 18.0 Å². The number of ketones is 1. The second-order valence-electron chi connectivity index (χ2n) is 7.10. The Morgan fingerprint density at radius 3 is 2.46 bits per heavy atom. The van der Waals surface area contributed by atoms with E-state index in [0.29, 0.717) is 29.5 Å². The maximum absolute atomic E-state index is 14.2. The zero-order chi connectivity index (χ0) is 18.7. The summed E-state index contributed by atoms with van der Waals surface area (Å²) in [7, 11) is 2.08. The third kappa shape index (κ3) is 4.52. The van der Waals surface area contributed by atoms with E-state index in [-0.39, 0.29) is 17.8 Å². The Morgan fingerprint density at radius 2 is 1.77 bits per heavy atom. The molecule has 0 spiro atoms. The maximum Gasteiger partial charge on any atom is 0.170 e. The maximum atomic E-state index is 14.2. The molecule has 5 heteroatoms. The molecule has 2 aromatic carbocycles. The Balaban J connectivity index is 1.71. The van der Waals surface area contributed by atoms with E-state index in [9.17, 15) is 18.0 Å². The normalized spacial score (nSPS) is 16.0. The van der Waals surface area contributed by atoms with Crippen LogP contribution in [0.15, 0.2) is 36.4 Å². The van der Waals surface area contributed by atoms with E-state index in [1.807, 2.05) is 0 Å². The zero-order valence-corrected chi connectivity index (χ0v) is 14.8. The predicted molar refractivity (Wildman–Crippen MR) is 94.7 cm³/mol. The fourth-order valence-corrected chi connectivity index (χ4v) is 3.47. The highest BCUT2D eigenvalue weighted by molar-refractivity contribution is 5.97. The van der Waals surface area contributed by atoms with Crippen molar-refractivity contribution in [1.29, 1.82) is 0 Å². The first kappa shape index (κ1) is 18.6. The molecule has 1 aliphatic heterocycles. The number of hydrogen-bond acceptors (Lipinski definition) is 2. The molecule has 0 amide bonds. The number of nitrogens with zero attached hydrogens (tertiary/aromatic N) is 1. The van der Waals surface area contributed by atoms with Crippen LogP contribution in [-0.4, -0.2) is 30.8 Å². The molecule has 0 bridgehead atoms. The van der Waals surface area contributed by atoms with E-state index in [0.717, 1.165) is 38.1 Å². The fourth-order valence-electron chi connectivity index (χ4n) is 3.47. The molecule has 0 aromatic heterocycles. The van der Waals surface area contributed by atoms with Crippen LogP contribution in [0.2, 0.25) is 0 Å². The number of carbonyl (C=O) groups is 1. The summed E-state index contributed by atoms with van der Waals surface area (Å²) in [5, 5.41) is 0. The van der Waals surface area contributed by atoms with Crippen LogP contribution in [0.25, 0.3) is 0 Å². The van der Waals surface area contributed by atoms with Crippen LogP contribution < -0.4 is 0 Å². The van der Waals surface area contributed by atoms with Gasteiger partial charge in [-0.25, -0.2) is 13.2 Å². The van der Waals surface area contributed by atoms with Gasteiger partial charge in [0.25, 0.3) is 0 Å². The van der Waals surface area contributed by atoms with Crippen molar-refractivity contribution in [3.05, 3.63) is 70.5 Å². The van der Waals surface area contributed by atoms with Gasteiger partial charge in [0.05, 0.1) is 5.56 Å². The SMILES string of the molecule is CN1CCC(Cc2cc(CC(=O)c3ccc(F)cc3F)ccc2F)CC1. The van der Waals surface area contributed by atoms with Crippen LogP contribution in [0.4, 0.5) is 13.2 Å². The third-order valence-electron chi connectivity index (χ3n) is 5.05. The number of hydrogen-bond donors (Lipinski definition) is 0. The number of benzene rings is 2. The fraction of sp³-hybridized carbons (Fsp3) is 0.381. The monoisotopic (exact) mass is 361 g/mol. The Bertz CT molecular complexity index is 798. The minimum atomic E-state index is -0.872. The smallest absolute Gasteiger partial charge is 0.170 e. The van der Waals surface area contributed by atoms with E-state index >= 15 is 0 Å². The molecule has 0 unspecified atom stereocenters. The van der Waals surface area contributed by atoms with Gasteiger partial charge >= 0.3 is 0 Å². The van der Waals surface area contributed by atoms with E-state index in [1.165, 1.54) is 6.07 Å². The summed E-state index contributed by atoms with van der Waals surface area (Å²) in [6.07, 6.45) is 2.66. The zero-order valence-electron chi connectivity index (χ0n) is 14.8. The molecule has 2 aromatic rings. The van der Waals surface area contributed by atoms with Crippen LogP contribution in [-0.2, 0) is 12.8 Å². The molecule has 26 heavy (non-hydrogen) atoms. The summed E-state index contributed by atoms with van der Waals surface area (Å²) < 4.78 is 40.9. The highest BCUT2D eigenvalue weighted by atomic mass is 19.1. The van der Waals surface area contributed by atoms with Crippen molar-refractivity contribution in [2.24, 2.45) is 5.92 Å². The van der Waals surface area contributed by atoms with Crippen molar-refractivity contribution in [2.75, 3.05) is 20.1 Å². The van der Waals surface area contributed by atoms with Crippen LogP contribution >= 0.6 is 0 Å². The first-order chi connectivity index (χ1) is 12.4. The summed E-state index contributed by atoms with van der Waals surface area (Å²) >= 11 is 0. The molecule has 1 heterocycles. The molecule has 0 N–H and O–H groups in total. The van der Waals surface area contributed by atoms with Crippen molar-refractivity contribution >= 4 is 5.78 Å². The first-order valence-corrected chi connectivity index (χ1v) is 8.86. The van der Waals surface area contributed by atoms with Gasteiger partial charge in [-0.05, 0) is 74.6 Å². The summed E-state index contributed by atoms with van der Waals surface area (Å²) in [5.74, 6) is -1.88. The van der Waals surface area contributed by atoms with Crippen molar-refractivity contribution in [3.63, 3.8) is 0 Å². The van der Waals surface area contributed by atoms with Gasteiger partial charge in [-0.15, -0.1) is 0 Å². The van der Waals surface area contributed by atoms with Gasteiger partial charge in [0.2, 0.25) is 0 Å². The molecule has 0 atom stereocenters. The Kier molecular flexibility index (Phi) is 5.77. The molecule has 1 aliphatic rings. The van der Waals surface area contributed by atoms with Gasteiger partial charge in [-0.3, -0.25) is 4.79 Å². The molecule has 0 saturated carbocycles. The number of rotatable bonds is 5. The van der Waals surface area contributed by atoms with Gasteiger partial charge < -0.3 is 4.90 Å². The van der Waals surface area contributed by atoms with Crippen LogP contribution in [0.3, 0.4) is 0 Å². The lowest BCUT2D eigenvalue weighted by atomic mass is 9.89. The third-order valence-corrected chi connectivity index (χ3v) is 5.05. The Labute approximate surface area is 151 Å². The predicted octanol–water partition coefficient (Wildman–Crippen LogP) is 4.41. The van der Waals surface area contributed by atoms with Gasteiger partial charge in [0, 0.05) is 12.5 Å². The minimum absolute atomic E-state index is 0.0385. The lowest BCUT2D eigenvalue weighted by Crippen LogP contribution is -2.31. The van der Waals surface area contributed by atoms with Gasteiger partial charge in [0.1, 0.15) is 17.5 Å². The summed E-state index contributed by atoms with van der Waals surface area (Å²) in [6.45, 7) is 2.02. The van der Waals surface area contributed by atoms with E-state index in [1.54, 1.807) is 12.1 Å². The number of carbonyl (C=O) groups excluding carboxylic acids is 1. The van der Waals surface area contributed by atoms with Crippen molar-refractivity contribution in [3.8, 4) is 0 Å². The number of piperidine rings is 1.